The lowest BCUT2D eigenvalue weighted by Gasteiger charge is -2.18. The van der Waals surface area contributed by atoms with Crippen molar-refractivity contribution in [2.24, 2.45) is 7.05 Å². The standard InChI is InChI=1S/C23H21N/c1-17-12-14-19(15-13-17)23(18-8-4-3-5-9-18)21-16-24(2)22-11-7-6-10-20(21)22/h3-16,23H,1-2H3. The third kappa shape index (κ3) is 2.52. The van der Waals surface area contributed by atoms with Crippen LogP contribution in [0.5, 0.6) is 0 Å². The monoisotopic (exact) mass is 311 g/mol. The topological polar surface area (TPSA) is 4.93 Å². The second-order valence-corrected chi connectivity index (χ2v) is 6.47. The Morgan fingerprint density at radius 2 is 1.33 bits per heavy atom. The lowest BCUT2D eigenvalue weighted by atomic mass is 9.85. The smallest absolute Gasteiger partial charge is 0.0480 e. The Morgan fingerprint density at radius 1 is 0.708 bits per heavy atom. The fourth-order valence-electron chi connectivity index (χ4n) is 3.56. The van der Waals surface area contributed by atoms with Gasteiger partial charge in [-0.1, -0.05) is 78.4 Å². The summed E-state index contributed by atoms with van der Waals surface area (Å²) in [7, 11) is 2.13. The van der Waals surface area contributed by atoms with Gasteiger partial charge in [-0.15, -0.1) is 0 Å². The first kappa shape index (κ1) is 14.8. The van der Waals surface area contributed by atoms with Gasteiger partial charge < -0.3 is 4.57 Å². The van der Waals surface area contributed by atoms with E-state index < -0.39 is 0 Å². The highest BCUT2D eigenvalue weighted by atomic mass is 14.9. The van der Waals surface area contributed by atoms with Gasteiger partial charge >= 0.3 is 0 Å². The SMILES string of the molecule is Cc1ccc(C(c2ccccc2)c2cn(C)c3ccccc23)cc1. The summed E-state index contributed by atoms with van der Waals surface area (Å²) in [6.45, 7) is 2.14. The van der Waals surface area contributed by atoms with E-state index in [2.05, 4.69) is 104 Å². The fourth-order valence-corrected chi connectivity index (χ4v) is 3.56. The number of aromatic nitrogens is 1. The first-order valence-corrected chi connectivity index (χ1v) is 8.39. The Hall–Kier alpha value is -2.80. The molecule has 24 heavy (non-hydrogen) atoms. The molecule has 1 atom stereocenters. The molecule has 1 nitrogen and oxygen atoms in total. The summed E-state index contributed by atoms with van der Waals surface area (Å²) in [5.41, 5.74) is 6.60. The van der Waals surface area contributed by atoms with Crippen molar-refractivity contribution in [1.29, 1.82) is 0 Å². The lowest BCUT2D eigenvalue weighted by Crippen LogP contribution is -2.03. The molecule has 0 saturated carbocycles. The summed E-state index contributed by atoms with van der Waals surface area (Å²) < 4.78 is 2.23. The maximum absolute atomic E-state index is 2.28. The second kappa shape index (κ2) is 6.01. The van der Waals surface area contributed by atoms with Gasteiger partial charge in [0.2, 0.25) is 0 Å². The summed E-state index contributed by atoms with van der Waals surface area (Å²) in [5.74, 6) is 0.248. The van der Waals surface area contributed by atoms with Crippen LogP contribution in [0.15, 0.2) is 85.1 Å². The zero-order valence-electron chi connectivity index (χ0n) is 14.1. The van der Waals surface area contributed by atoms with Gasteiger partial charge in [-0.2, -0.15) is 0 Å². The fraction of sp³-hybridized carbons (Fsp3) is 0.130. The largest absolute Gasteiger partial charge is 0.350 e. The van der Waals surface area contributed by atoms with Crippen LogP contribution in [0.4, 0.5) is 0 Å². The zero-order chi connectivity index (χ0) is 16.5. The molecular formula is C23H21N. The van der Waals surface area contributed by atoms with Crippen LogP contribution in [0.3, 0.4) is 0 Å². The van der Waals surface area contributed by atoms with E-state index in [0.29, 0.717) is 0 Å². The third-order valence-electron chi connectivity index (χ3n) is 4.78. The second-order valence-electron chi connectivity index (χ2n) is 6.47. The summed E-state index contributed by atoms with van der Waals surface area (Å²) in [4.78, 5) is 0. The van der Waals surface area contributed by atoms with Crippen molar-refractivity contribution in [3.05, 3.63) is 107 Å². The molecule has 118 valence electrons. The summed E-state index contributed by atoms with van der Waals surface area (Å²) in [5, 5.41) is 1.33. The predicted octanol–water partition coefficient (Wildman–Crippen LogP) is 5.67. The Bertz CT molecular complexity index is 962. The number of rotatable bonds is 3. The van der Waals surface area contributed by atoms with E-state index in [1.54, 1.807) is 0 Å². The summed E-state index contributed by atoms with van der Waals surface area (Å²) in [6.07, 6.45) is 2.28. The Labute approximate surface area is 143 Å². The average molecular weight is 311 g/mol. The summed E-state index contributed by atoms with van der Waals surface area (Å²) in [6, 6.07) is 28.4. The summed E-state index contributed by atoms with van der Waals surface area (Å²) >= 11 is 0. The van der Waals surface area contributed by atoms with E-state index in [0.717, 1.165) is 0 Å². The van der Waals surface area contributed by atoms with Crippen molar-refractivity contribution >= 4 is 10.9 Å². The van der Waals surface area contributed by atoms with Crippen molar-refractivity contribution in [2.45, 2.75) is 12.8 Å². The number of benzene rings is 3. The lowest BCUT2D eigenvalue weighted by molar-refractivity contribution is 0.927. The average Bonchev–Trinajstić information content (AvgIpc) is 2.95. The van der Waals surface area contributed by atoms with Crippen LogP contribution in [0, 0.1) is 6.92 Å². The van der Waals surface area contributed by atoms with Gasteiger partial charge in [0, 0.05) is 30.1 Å². The molecule has 0 aliphatic heterocycles. The van der Waals surface area contributed by atoms with Crippen molar-refractivity contribution in [3.8, 4) is 0 Å². The van der Waals surface area contributed by atoms with Gasteiger partial charge in [-0.3, -0.25) is 0 Å². The van der Waals surface area contributed by atoms with Gasteiger partial charge in [-0.05, 0) is 29.7 Å². The molecule has 0 spiro atoms. The van der Waals surface area contributed by atoms with Crippen LogP contribution in [-0.4, -0.2) is 4.57 Å². The first-order valence-electron chi connectivity index (χ1n) is 8.39. The van der Waals surface area contributed by atoms with E-state index in [1.165, 1.54) is 33.2 Å². The Kier molecular flexibility index (Phi) is 3.70. The van der Waals surface area contributed by atoms with E-state index in [4.69, 9.17) is 0 Å². The first-order chi connectivity index (χ1) is 11.7. The predicted molar refractivity (Wildman–Crippen MR) is 101 cm³/mol. The number of nitrogens with zero attached hydrogens (tertiary/aromatic N) is 1. The number of hydrogen-bond donors (Lipinski definition) is 0. The quantitative estimate of drug-likeness (QED) is 0.459. The van der Waals surface area contributed by atoms with Crippen molar-refractivity contribution in [2.75, 3.05) is 0 Å². The molecule has 3 aromatic carbocycles. The van der Waals surface area contributed by atoms with Gasteiger partial charge in [0.05, 0.1) is 0 Å². The molecule has 0 amide bonds. The minimum atomic E-state index is 0.248. The van der Waals surface area contributed by atoms with Crippen LogP contribution < -0.4 is 0 Å². The molecule has 1 heteroatoms. The highest BCUT2D eigenvalue weighted by Gasteiger charge is 2.20. The number of fused-ring (bicyclic) bond motifs is 1. The maximum atomic E-state index is 2.28. The number of para-hydroxylation sites is 1. The molecule has 0 aliphatic carbocycles. The molecule has 4 aromatic rings. The number of hydrogen-bond acceptors (Lipinski definition) is 0. The highest BCUT2D eigenvalue weighted by Crippen LogP contribution is 2.36. The van der Waals surface area contributed by atoms with Crippen LogP contribution in [-0.2, 0) is 7.05 Å². The molecular weight excluding hydrogens is 290 g/mol. The highest BCUT2D eigenvalue weighted by molar-refractivity contribution is 5.85. The van der Waals surface area contributed by atoms with Crippen LogP contribution in [0.25, 0.3) is 10.9 Å². The molecule has 0 radical (unpaired) electrons. The molecule has 0 N–H and O–H groups in total. The third-order valence-corrected chi connectivity index (χ3v) is 4.78. The molecule has 0 fully saturated rings. The minimum Gasteiger partial charge on any atom is -0.350 e. The molecule has 4 rings (SSSR count). The van der Waals surface area contributed by atoms with Crippen LogP contribution in [0.2, 0.25) is 0 Å². The Balaban J connectivity index is 1.97. The van der Waals surface area contributed by atoms with Gasteiger partial charge in [0.15, 0.2) is 0 Å². The van der Waals surface area contributed by atoms with Gasteiger partial charge in [0.1, 0.15) is 0 Å². The van der Waals surface area contributed by atoms with Crippen LogP contribution >= 0.6 is 0 Å². The van der Waals surface area contributed by atoms with Gasteiger partial charge in [-0.25, -0.2) is 0 Å². The van der Waals surface area contributed by atoms with Crippen molar-refractivity contribution in [1.82, 2.24) is 4.57 Å². The molecule has 1 heterocycles. The minimum absolute atomic E-state index is 0.248. The van der Waals surface area contributed by atoms with E-state index in [9.17, 15) is 0 Å². The molecule has 0 aliphatic rings. The van der Waals surface area contributed by atoms with Crippen molar-refractivity contribution < 1.29 is 0 Å². The van der Waals surface area contributed by atoms with E-state index in [1.807, 2.05) is 0 Å². The molecule has 0 saturated heterocycles. The normalized spacial score (nSPS) is 12.4. The van der Waals surface area contributed by atoms with E-state index in [-0.39, 0.29) is 5.92 Å². The molecule has 1 unspecified atom stereocenters. The molecule has 1 aromatic heterocycles. The number of aryl methyl sites for hydroxylation is 2. The Morgan fingerprint density at radius 3 is 2.08 bits per heavy atom. The van der Waals surface area contributed by atoms with E-state index >= 15 is 0 Å². The maximum Gasteiger partial charge on any atom is 0.0480 e. The van der Waals surface area contributed by atoms with Crippen molar-refractivity contribution in [3.63, 3.8) is 0 Å². The zero-order valence-corrected chi connectivity index (χ0v) is 14.1. The van der Waals surface area contributed by atoms with Crippen LogP contribution in [0.1, 0.15) is 28.2 Å². The molecule has 0 bridgehead atoms. The van der Waals surface area contributed by atoms with Gasteiger partial charge in [0.25, 0.3) is 0 Å².